The maximum atomic E-state index is 12.4. The molecule has 198 valence electrons. The third kappa shape index (κ3) is 5.40. The molecule has 1 aliphatic heterocycles. The van der Waals surface area contributed by atoms with Gasteiger partial charge >= 0.3 is 6.09 Å². The van der Waals surface area contributed by atoms with Crippen molar-refractivity contribution in [2.75, 3.05) is 30.9 Å². The monoisotopic (exact) mass is 507 g/mol. The molecule has 3 N–H and O–H groups in total. The van der Waals surface area contributed by atoms with Crippen molar-refractivity contribution in [2.45, 2.75) is 65.4 Å². The second-order valence-corrected chi connectivity index (χ2v) is 11.0. The molecule has 3 aromatic rings. The third-order valence-electron chi connectivity index (χ3n) is 7.44. The summed E-state index contributed by atoms with van der Waals surface area (Å²) in [5.74, 6) is 0.763. The molecule has 8 heteroatoms. The van der Waals surface area contributed by atoms with Gasteiger partial charge in [-0.1, -0.05) is 32.9 Å². The van der Waals surface area contributed by atoms with Crippen molar-refractivity contribution < 1.29 is 23.7 Å². The van der Waals surface area contributed by atoms with E-state index in [-0.39, 0.29) is 17.8 Å². The molecule has 1 aromatic heterocycles. The van der Waals surface area contributed by atoms with Gasteiger partial charge < -0.3 is 29.2 Å². The standard InChI is InChI=1S/C29H37N3O5/c1-18(29(2,3)4)37-28(33)31-20-10-8-19(9-11-20)27-26(30)23-13-12-22(36-17-25-34-14-15-35-25)16-24(23)32(27)21-6-5-7-21/h8-13,16,18,21,25H,5-7,14-15,17,30H2,1-4H3,(H,31,33). The lowest BCUT2D eigenvalue weighted by Crippen LogP contribution is -2.30. The van der Waals surface area contributed by atoms with Crippen molar-refractivity contribution in [3.8, 4) is 17.0 Å². The number of nitrogens with one attached hydrogen (secondary N) is 1. The fraction of sp³-hybridized carbons (Fsp3) is 0.483. The SMILES string of the molecule is CC(OC(=O)Nc1ccc(-c2c(N)c3ccc(OCC4OCCO4)cc3n2C2CCC2)cc1)C(C)(C)C. The molecular formula is C29H37N3O5. The molecule has 0 radical (unpaired) electrons. The van der Waals surface area contributed by atoms with Crippen LogP contribution in [0.5, 0.6) is 5.75 Å². The van der Waals surface area contributed by atoms with Gasteiger partial charge in [-0.3, -0.25) is 5.32 Å². The quantitative estimate of drug-likeness (QED) is 0.387. The van der Waals surface area contributed by atoms with E-state index in [1.807, 2.05) is 64.1 Å². The Morgan fingerprint density at radius 2 is 1.84 bits per heavy atom. The highest BCUT2D eigenvalue weighted by Gasteiger charge is 2.28. The number of hydrogen-bond donors (Lipinski definition) is 2. The molecule has 1 unspecified atom stereocenters. The first kappa shape index (κ1) is 25.4. The van der Waals surface area contributed by atoms with Crippen LogP contribution in [0.3, 0.4) is 0 Å². The number of carbonyl (C=O) groups is 1. The molecule has 2 fully saturated rings. The number of nitrogens with two attached hydrogens (primary N) is 1. The predicted octanol–water partition coefficient (Wildman–Crippen LogP) is 6.35. The molecule has 1 atom stereocenters. The summed E-state index contributed by atoms with van der Waals surface area (Å²) < 4.78 is 24.8. The van der Waals surface area contributed by atoms with E-state index in [2.05, 4.69) is 16.0 Å². The second kappa shape index (κ2) is 10.3. The molecule has 1 amide bonds. The molecule has 2 aliphatic rings. The van der Waals surface area contributed by atoms with Gasteiger partial charge in [0, 0.05) is 28.7 Å². The summed E-state index contributed by atoms with van der Waals surface area (Å²) in [6.45, 7) is 9.57. The summed E-state index contributed by atoms with van der Waals surface area (Å²) in [4.78, 5) is 12.4. The molecule has 1 saturated heterocycles. The maximum absolute atomic E-state index is 12.4. The molecule has 37 heavy (non-hydrogen) atoms. The number of aromatic nitrogens is 1. The highest BCUT2D eigenvalue weighted by Crippen LogP contribution is 2.45. The number of ether oxygens (including phenoxy) is 4. The first-order valence-electron chi connectivity index (χ1n) is 13.1. The second-order valence-electron chi connectivity index (χ2n) is 11.0. The van der Waals surface area contributed by atoms with Gasteiger partial charge in [0.2, 0.25) is 0 Å². The van der Waals surface area contributed by atoms with Gasteiger partial charge in [0.15, 0.2) is 6.29 Å². The van der Waals surface area contributed by atoms with E-state index >= 15 is 0 Å². The Bertz CT molecular complexity index is 1250. The van der Waals surface area contributed by atoms with E-state index in [0.29, 0.717) is 31.5 Å². The molecule has 0 bridgehead atoms. The lowest BCUT2D eigenvalue weighted by molar-refractivity contribution is -0.0683. The number of amides is 1. The molecule has 0 spiro atoms. The van der Waals surface area contributed by atoms with Crippen LogP contribution in [0.4, 0.5) is 16.2 Å². The van der Waals surface area contributed by atoms with Gasteiger partial charge in [0.05, 0.1) is 30.1 Å². The average Bonchev–Trinajstić information content (AvgIpc) is 3.43. The number of fused-ring (bicyclic) bond motifs is 1. The van der Waals surface area contributed by atoms with Crippen LogP contribution in [0.25, 0.3) is 22.2 Å². The van der Waals surface area contributed by atoms with Crippen LogP contribution in [-0.2, 0) is 14.2 Å². The number of nitrogen functional groups attached to an aromatic ring is 1. The average molecular weight is 508 g/mol. The molecule has 8 nitrogen and oxygen atoms in total. The van der Waals surface area contributed by atoms with E-state index in [1.54, 1.807) is 0 Å². The highest BCUT2D eigenvalue weighted by atomic mass is 16.7. The van der Waals surface area contributed by atoms with E-state index < -0.39 is 6.09 Å². The molecule has 1 saturated carbocycles. The number of nitrogens with zero attached hydrogens (tertiary/aromatic N) is 1. The normalized spacial score (nSPS) is 17.5. The first-order chi connectivity index (χ1) is 17.7. The van der Waals surface area contributed by atoms with E-state index in [1.165, 1.54) is 6.42 Å². The van der Waals surface area contributed by atoms with Crippen molar-refractivity contribution >= 4 is 28.4 Å². The van der Waals surface area contributed by atoms with Gasteiger partial charge in [-0.25, -0.2) is 4.79 Å². The van der Waals surface area contributed by atoms with Crippen molar-refractivity contribution in [1.29, 1.82) is 0 Å². The van der Waals surface area contributed by atoms with Crippen LogP contribution in [-0.4, -0.2) is 42.9 Å². The van der Waals surface area contributed by atoms with Crippen molar-refractivity contribution in [3.05, 3.63) is 42.5 Å². The summed E-state index contributed by atoms with van der Waals surface area (Å²) >= 11 is 0. The Balaban J connectivity index is 1.39. The van der Waals surface area contributed by atoms with E-state index in [9.17, 15) is 4.79 Å². The highest BCUT2D eigenvalue weighted by molar-refractivity contribution is 6.01. The largest absolute Gasteiger partial charge is 0.488 e. The Labute approximate surface area is 218 Å². The smallest absolute Gasteiger partial charge is 0.411 e. The molecule has 1 aliphatic carbocycles. The Morgan fingerprint density at radius 1 is 1.14 bits per heavy atom. The Hall–Kier alpha value is -3.23. The molecule has 2 heterocycles. The maximum Gasteiger partial charge on any atom is 0.411 e. The zero-order valence-electron chi connectivity index (χ0n) is 22.1. The van der Waals surface area contributed by atoms with Gasteiger partial charge in [-0.05, 0) is 55.9 Å². The molecule has 5 rings (SSSR count). The van der Waals surface area contributed by atoms with Crippen LogP contribution >= 0.6 is 0 Å². The van der Waals surface area contributed by atoms with Crippen LogP contribution in [0.15, 0.2) is 42.5 Å². The first-order valence-corrected chi connectivity index (χ1v) is 13.1. The summed E-state index contributed by atoms with van der Waals surface area (Å²) in [5, 5.41) is 3.84. The van der Waals surface area contributed by atoms with Crippen molar-refractivity contribution in [1.82, 2.24) is 4.57 Å². The van der Waals surface area contributed by atoms with E-state index in [0.717, 1.165) is 46.4 Å². The summed E-state index contributed by atoms with van der Waals surface area (Å²) in [6, 6.07) is 14.2. The predicted molar refractivity (Wildman–Crippen MR) is 145 cm³/mol. The summed E-state index contributed by atoms with van der Waals surface area (Å²) in [6.07, 6.45) is 2.44. The number of benzene rings is 2. The summed E-state index contributed by atoms with van der Waals surface area (Å²) in [7, 11) is 0. The lowest BCUT2D eigenvalue weighted by atomic mass is 9.90. The number of anilines is 2. The van der Waals surface area contributed by atoms with Crippen LogP contribution in [0, 0.1) is 5.41 Å². The van der Waals surface area contributed by atoms with Crippen LogP contribution in [0.1, 0.15) is 53.0 Å². The fourth-order valence-corrected chi connectivity index (χ4v) is 4.59. The number of carbonyl (C=O) groups excluding carboxylic acids is 1. The zero-order valence-corrected chi connectivity index (χ0v) is 22.1. The topological polar surface area (TPSA) is 97.0 Å². The zero-order chi connectivity index (χ0) is 26.2. The minimum absolute atomic E-state index is 0.128. The third-order valence-corrected chi connectivity index (χ3v) is 7.44. The van der Waals surface area contributed by atoms with Crippen molar-refractivity contribution in [2.24, 2.45) is 5.41 Å². The van der Waals surface area contributed by atoms with Gasteiger partial charge in [-0.2, -0.15) is 0 Å². The Morgan fingerprint density at radius 3 is 2.46 bits per heavy atom. The van der Waals surface area contributed by atoms with Crippen LogP contribution < -0.4 is 15.8 Å². The molecule has 2 aromatic carbocycles. The van der Waals surface area contributed by atoms with Gasteiger partial charge in [0.25, 0.3) is 0 Å². The molecular weight excluding hydrogens is 470 g/mol. The number of rotatable bonds is 7. The minimum atomic E-state index is -0.459. The number of hydrogen-bond acceptors (Lipinski definition) is 6. The van der Waals surface area contributed by atoms with Gasteiger partial charge in [-0.15, -0.1) is 0 Å². The summed E-state index contributed by atoms with van der Waals surface area (Å²) in [5.41, 5.74) is 11.1. The van der Waals surface area contributed by atoms with Crippen LogP contribution in [0.2, 0.25) is 0 Å². The van der Waals surface area contributed by atoms with E-state index in [4.69, 9.17) is 24.7 Å². The Kier molecular flexibility index (Phi) is 7.05. The van der Waals surface area contributed by atoms with Crippen molar-refractivity contribution in [3.63, 3.8) is 0 Å². The minimum Gasteiger partial charge on any atom is -0.488 e. The van der Waals surface area contributed by atoms with Gasteiger partial charge in [0.1, 0.15) is 18.5 Å². The fourth-order valence-electron chi connectivity index (χ4n) is 4.59. The lowest BCUT2D eigenvalue weighted by Gasteiger charge is -2.30.